The van der Waals surface area contributed by atoms with Gasteiger partial charge in [-0.1, -0.05) is 29.9 Å². The van der Waals surface area contributed by atoms with Gasteiger partial charge in [-0.05, 0) is 38.8 Å². The number of hydrogen-bond donors (Lipinski definition) is 1. The summed E-state index contributed by atoms with van der Waals surface area (Å²) in [7, 11) is -3.65. The number of nitrogens with two attached hydrogens (primary N) is 1. The van der Waals surface area contributed by atoms with Gasteiger partial charge in [-0.3, -0.25) is 0 Å². The molecule has 1 aliphatic rings. The fourth-order valence-corrected chi connectivity index (χ4v) is 4.98. The Hall–Kier alpha value is -0.690. The molecule has 1 aromatic rings. The maximum absolute atomic E-state index is 12.8. The van der Waals surface area contributed by atoms with E-state index in [2.05, 4.69) is 0 Å². The van der Waals surface area contributed by atoms with E-state index >= 15 is 0 Å². The van der Waals surface area contributed by atoms with Crippen LogP contribution in [0.15, 0.2) is 23.1 Å². The Morgan fingerprint density at radius 2 is 2.10 bits per heavy atom. The van der Waals surface area contributed by atoms with Crippen LogP contribution < -0.4 is 5.73 Å². The predicted octanol–water partition coefficient (Wildman–Crippen LogP) is 2.54. The Kier molecular flexibility index (Phi) is 4.12. The van der Waals surface area contributed by atoms with Gasteiger partial charge < -0.3 is 5.73 Å². The number of sulfonamides is 1. The monoisotopic (exact) mass is 332 g/mol. The normalized spacial score (nSPS) is 19.1. The summed E-state index contributed by atoms with van der Waals surface area (Å²) in [5.41, 5.74) is 5.66. The van der Waals surface area contributed by atoms with Gasteiger partial charge in [0.1, 0.15) is 9.88 Å². The van der Waals surface area contributed by atoms with Crippen LogP contribution in [0.1, 0.15) is 32.3 Å². The molecule has 1 aromatic carbocycles. The zero-order chi connectivity index (χ0) is 15.1. The molecule has 0 atom stereocenters. The summed E-state index contributed by atoms with van der Waals surface area (Å²) < 4.78 is 27.1. The molecule has 0 unspecified atom stereocenters. The standard InChI is InChI=1S/C13H17ClN2O2S2/c1-13(2)6-3-7-16(13)20(17,18)11-8-9(12(15)19)4-5-10(11)14/h4-5,8H,3,6-7H2,1-2H3,(H2,15,19). The first-order chi connectivity index (χ1) is 9.16. The molecule has 0 bridgehead atoms. The lowest BCUT2D eigenvalue weighted by Gasteiger charge is -2.30. The van der Waals surface area contributed by atoms with E-state index in [0.29, 0.717) is 12.1 Å². The number of rotatable bonds is 3. The summed E-state index contributed by atoms with van der Waals surface area (Å²) in [6.07, 6.45) is 1.68. The first-order valence-corrected chi connectivity index (χ1v) is 8.51. The summed E-state index contributed by atoms with van der Waals surface area (Å²) in [5.74, 6) is 0. The Labute approximate surface area is 130 Å². The second kappa shape index (κ2) is 5.26. The maximum Gasteiger partial charge on any atom is 0.245 e. The first kappa shape index (κ1) is 15.7. The molecule has 110 valence electrons. The third-order valence-corrected chi connectivity index (χ3v) is 6.44. The summed E-state index contributed by atoms with van der Waals surface area (Å²) in [6.45, 7) is 4.34. The highest BCUT2D eigenvalue weighted by molar-refractivity contribution is 7.89. The molecule has 7 heteroatoms. The van der Waals surface area contributed by atoms with Crippen LogP contribution in [-0.4, -0.2) is 29.8 Å². The molecular formula is C13H17ClN2O2S2. The van der Waals surface area contributed by atoms with Gasteiger partial charge in [0.15, 0.2) is 0 Å². The van der Waals surface area contributed by atoms with E-state index in [1.165, 1.54) is 16.4 Å². The Bertz CT molecular complexity index is 656. The highest BCUT2D eigenvalue weighted by Crippen LogP contribution is 2.36. The molecule has 1 aliphatic heterocycles. The highest BCUT2D eigenvalue weighted by atomic mass is 35.5. The van der Waals surface area contributed by atoms with Crippen molar-refractivity contribution >= 4 is 38.8 Å². The number of halogens is 1. The first-order valence-electron chi connectivity index (χ1n) is 6.28. The smallest absolute Gasteiger partial charge is 0.245 e. The molecule has 2 N–H and O–H groups in total. The third-order valence-electron chi connectivity index (χ3n) is 3.61. The van der Waals surface area contributed by atoms with Gasteiger partial charge in [-0.2, -0.15) is 4.31 Å². The second-order valence-corrected chi connectivity index (χ2v) is 8.18. The topological polar surface area (TPSA) is 63.4 Å². The van der Waals surface area contributed by atoms with Crippen LogP contribution in [0.5, 0.6) is 0 Å². The number of thiocarbonyl (C=S) groups is 1. The molecule has 0 spiro atoms. The van der Waals surface area contributed by atoms with E-state index in [4.69, 9.17) is 29.6 Å². The Morgan fingerprint density at radius 3 is 2.60 bits per heavy atom. The van der Waals surface area contributed by atoms with Crippen LogP contribution in [0, 0.1) is 0 Å². The van der Waals surface area contributed by atoms with E-state index < -0.39 is 15.6 Å². The highest BCUT2D eigenvalue weighted by Gasteiger charge is 2.41. The average molecular weight is 333 g/mol. The molecule has 1 saturated heterocycles. The van der Waals surface area contributed by atoms with E-state index in [1.807, 2.05) is 13.8 Å². The van der Waals surface area contributed by atoms with E-state index in [0.717, 1.165) is 12.8 Å². The van der Waals surface area contributed by atoms with Crippen molar-refractivity contribution < 1.29 is 8.42 Å². The summed E-state index contributed by atoms with van der Waals surface area (Å²) in [4.78, 5) is 0.221. The zero-order valence-electron chi connectivity index (χ0n) is 11.4. The molecule has 0 amide bonds. The molecule has 0 saturated carbocycles. The summed E-state index contributed by atoms with van der Waals surface area (Å²) >= 11 is 11.0. The van der Waals surface area contributed by atoms with Gasteiger partial charge in [0, 0.05) is 17.6 Å². The lowest BCUT2D eigenvalue weighted by atomic mass is 10.0. The van der Waals surface area contributed by atoms with Crippen LogP contribution in [0.2, 0.25) is 5.02 Å². The average Bonchev–Trinajstić information content (AvgIpc) is 2.69. The van der Waals surface area contributed by atoms with Crippen LogP contribution >= 0.6 is 23.8 Å². The van der Waals surface area contributed by atoms with Crippen molar-refractivity contribution in [2.24, 2.45) is 5.73 Å². The maximum atomic E-state index is 12.8. The van der Waals surface area contributed by atoms with E-state index in [-0.39, 0.29) is 14.9 Å². The second-order valence-electron chi connectivity index (χ2n) is 5.50. The summed E-state index contributed by atoms with van der Waals surface area (Å²) in [6, 6.07) is 4.60. The summed E-state index contributed by atoms with van der Waals surface area (Å²) in [5, 5.41) is 0.188. The molecular weight excluding hydrogens is 316 g/mol. The quantitative estimate of drug-likeness (QED) is 0.864. The van der Waals surface area contributed by atoms with Crippen molar-refractivity contribution in [2.45, 2.75) is 37.1 Å². The Balaban J connectivity index is 2.55. The van der Waals surface area contributed by atoms with Crippen LogP contribution in [0.25, 0.3) is 0 Å². The fourth-order valence-electron chi connectivity index (χ4n) is 2.50. The molecule has 0 radical (unpaired) electrons. The molecule has 4 nitrogen and oxygen atoms in total. The van der Waals surface area contributed by atoms with Crippen molar-refractivity contribution in [3.63, 3.8) is 0 Å². The van der Waals surface area contributed by atoms with Gasteiger partial charge in [0.25, 0.3) is 0 Å². The minimum absolute atomic E-state index is 0.0689. The minimum Gasteiger partial charge on any atom is -0.389 e. The van der Waals surface area contributed by atoms with Crippen LogP contribution in [0.3, 0.4) is 0 Å². The number of benzene rings is 1. The van der Waals surface area contributed by atoms with Gasteiger partial charge in [0.05, 0.1) is 5.02 Å². The lowest BCUT2D eigenvalue weighted by molar-refractivity contribution is 0.292. The van der Waals surface area contributed by atoms with Gasteiger partial charge in [-0.15, -0.1) is 0 Å². The van der Waals surface area contributed by atoms with Crippen molar-refractivity contribution in [3.8, 4) is 0 Å². The largest absolute Gasteiger partial charge is 0.389 e. The molecule has 0 aliphatic carbocycles. The third kappa shape index (κ3) is 2.70. The minimum atomic E-state index is -3.65. The van der Waals surface area contributed by atoms with Crippen molar-refractivity contribution in [1.82, 2.24) is 4.31 Å². The van der Waals surface area contributed by atoms with Crippen molar-refractivity contribution in [1.29, 1.82) is 0 Å². The fraction of sp³-hybridized carbons (Fsp3) is 0.462. The Morgan fingerprint density at radius 1 is 1.45 bits per heavy atom. The molecule has 2 rings (SSSR count). The zero-order valence-corrected chi connectivity index (χ0v) is 13.8. The molecule has 0 aromatic heterocycles. The number of hydrogen-bond acceptors (Lipinski definition) is 3. The lowest BCUT2D eigenvalue weighted by Crippen LogP contribution is -2.42. The van der Waals surface area contributed by atoms with Gasteiger partial charge in [0.2, 0.25) is 10.0 Å². The number of nitrogens with zero attached hydrogens (tertiary/aromatic N) is 1. The molecule has 1 heterocycles. The molecule has 1 fully saturated rings. The van der Waals surface area contributed by atoms with E-state index in [1.54, 1.807) is 6.07 Å². The molecule has 20 heavy (non-hydrogen) atoms. The van der Waals surface area contributed by atoms with Gasteiger partial charge >= 0.3 is 0 Å². The van der Waals surface area contributed by atoms with Crippen molar-refractivity contribution in [3.05, 3.63) is 28.8 Å². The van der Waals surface area contributed by atoms with Gasteiger partial charge in [-0.25, -0.2) is 8.42 Å². The van der Waals surface area contributed by atoms with E-state index in [9.17, 15) is 8.42 Å². The van der Waals surface area contributed by atoms with Crippen LogP contribution in [-0.2, 0) is 10.0 Å². The van der Waals surface area contributed by atoms with Crippen LogP contribution in [0.4, 0.5) is 0 Å². The van der Waals surface area contributed by atoms with Crippen molar-refractivity contribution in [2.75, 3.05) is 6.54 Å². The SMILES string of the molecule is CC1(C)CCCN1S(=O)(=O)c1cc(C(N)=S)ccc1Cl. The predicted molar refractivity (Wildman–Crippen MR) is 84.5 cm³/mol.